The van der Waals surface area contributed by atoms with Crippen LogP contribution >= 0.6 is 7.82 Å². The highest BCUT2D eigenvalue weighted by molar-refractivity contribution is 7.46. The summed E-state index contributed by atoms with van der Waals surface area (Å²) in [6, 6.07) is 0. The lowest BCUT2D eigenvalue weighted by Gasteiger charge is -2.15. The molecule has 0 fully saturated rings. The van der Waals surface area contributed by atoms with Crippen LogP contribution in [-0.2, 0) is 18.6 Å². The van der Waals surface area contributed by atoms with Crippen LogP contribution in [0.2, 0.25) is 0 Å². The van der Waals surface area contributed by atoms with E-state index in [9.17, 15) is 9.36 Å². The maximum atomic E-state index is 11.6. The van der Waals surface area contributed by atoms with Gasteiger partial charge in [0.2, 0.25) is 0 Å². The second-order valence-corrected chi connectivity index (χ2v) is 8.61. The van der Waals surface area contributed by atoms with E-state index in [1.165, 1.54) is 44.9 Å². The summed E-state index contributed by atoms with van der Waals surface area (Å²) in [5, 5.41) is 8.95. The predicted molar refractivity (Wildman–Crippen MR) is 114 cm³/mol. The van der Waals surface area contributed by atoms with Crippen molar-refractivity contribution < 1.29 is 33.5 Å². The molecule has 0 rings (SSSR count). The molecule has 0 bridgehead atoms. The summed E-state index contributed by atoms with van der Waals surface area (Å²) < 4.78 is 19.9. The quantitative estimate of drug-likeness (QED) is 0.106. The Bertz CT molecular complexity index is 462. The number of allylic oxidation sites excluding steroid dienone is 2. The van der Waals surface area contributed by atoms with E-state index in [1.54, 1.807) is 0 Å². The van der Waals surface area contributed by atoms with Gasteiger partial charge in [0, 0.05) is 6.42 Å². The molecular weight excluding hydrogens is 395 g/mol. The molecule has 0 aliphatic rings. The number of aliphatic hydroxyl groups excluding tert-OH is 1. The molecule has 29 heavy (non-hydrogen) atoms. The first kappa shape index (κ1) is 28.3. The first-order valence-electron chi connectivity index (χ1n) is 11.0. The van der Waals surface area contributed by atoms with Gasteiger partial charge < -0.3 is 19.6 Å². The molecule has 3 N–H and O–H groups in total. The molecule has 0 saturated heterocycles. The standard InChI is InChI=1S/C21H41O7P/c1-2-3-4-5-6-7-8-9-10-11-12-13-14-15-16-17-21(23)27-19-20(18-22)28-29(24,25)26/h9-10,20,22H,2-8,11-19H2,1H3,(H2,24,25,26)/t20-/m0/s1. The number of esters is 1. The normalized spacial score (nSPS) is 13.1. The summed E-state index contributed by atoms with van der Waals surface area (Å²) in [5.41, 5.74) is 0. The Balaban J connectivity index is 3.46. The molecule has 0 heterocycles. The molecule has 0 amide bonds. The fourth-order valence-electron chi connectivity index (χ4n) is 2.91. The van der Waals surface area contributed by atoms with E-state index < -0.39 is 26.5 Å². The predicted octanol–water partition coefficient (Wildman–Crippen LogP) is 5.04. The van der Waals surface area contributed by atoms with E-state index in [2.05, 4.69) is 23.6 Å². The van der Waals surface area contributed by atoms with Crippen LogP contribution in [0.15, 0.2) is 12.2 Å². The third-order valence-electron chi connectivity index (χ3n) is 4.56. The van der Waals surface area contributed by atoms with Crippen molar-refractivity contribution in [1.82, 2.24) is 0 Å². The molecule has 0 aromatic carbocycles. The summed E-state index contributed by atoms with van der Waals surface area (Å²) in [4.78, 5) is 28.9. The number of carbonyl (C=O) groups is 1. The Kier molecular flexibility index (Phi) is 18.8. The highest BCUT2D eigenvalue weighted by Crippen LogP contribution is 2.37. The van der Waals surface area contributed by atoms with E-state index in [1.807, 2.05) is 0 Å². The fourth-order valence-corrected chi connectivity index (χ4v) is 3.42. The number of hydrogen-bond donors (Lipinski definition) is 3. The zero-order valence-corrected chi connectivity index (χ0v) is 18.9. The summed E-state index contributed by atoms with van der Waals surface area (Å²) in [5.74, 6) is -0.449. The Morgan fingerprint density at radius 2 is 1.41 bits per heavy atom. The van der Waals surface area contributed by atoms with Crippen LogP contribution in [0.4, 0.5) is 0 Å². The molecule has 0 aliphatic carbocycles. The van der Waals surface area contributed by atoms with Gasteiger partial charge in [-0.1, -0.05) is 70.4 Å². The number of unbranched alkanes of at least 4 members (excludes halogenated alkanes) is 11. The lowest BCUT2D eigenvalue weighted by atomic mass is 10.1. The topological polar surface area (TPSA) is 113 Å². The molecule has 7 nitrogen and oxygen atoms in total. The van der Waals surface area contributed by atoms with E-state index in [0.29, 0.717) is 0 Å². The van der Waals surface area contributed by atoms with Crippen molar-refractivity contribution in [2.45, 2.75) is 103 Å². The average Bonchev–Trinajstić information content (AvgIpc) is 2.67. The number of carbonyl (C=O) groups excluding carboxylic acids is 1. The third-order valence-corrected chi connectivity index (χ3v) is 5.14. The van der Waals surface area contributed by atoms with Crippen LogP contribution < -0.4 is 0 Å². The summed E-state index contributed by atoms with van der Waals surface area (Å²) in [7, 11) is -4.71. The second-order valence-electron chi connectivity index (χ2n) is 7.42. The minimum Gasteiger partial charge on any atom is -0.463 e. The van der Waals surface area contributed by atoms with E-state index in [-0.39, 0.29) is 13.0 Å². The third kappa shape index (κ3) is 21.8. The fraction of sp³-hybridized carbons (Fsp3) is 0.857. The number of phosphoric ester groups is 1. The van der Waals surface area contributed by atoms with Gasteiger partial charge in [0.1, 0.15) is 12.7 Å². The Morgan fingerprint density at radius 3 is 1.93 bits per heavy atom. The first-order valence-corrected chi connectivity index (χ1v) is 12.6. The molecule has 8 heteroatoms. The van der Waals surface area contributed by atoms with Crippen molar-refractivity contribution in [2.75, 3.05) is 13.2 Å². The molecule has 0 aromatic heterocycles. The molecule has 0 spiro atoms. The van der Waals surface area contributed by atoms with Crippen LogP contribution in [0, 0.1) is 0 Å². The van der Waals surface area contributed by atoms with E-state index in [4.69, 9.17) is 19.6 Å². The summed E-state index contributed by atoms with van der Waals surface area (Å²) in [6.07, 6.45) is 19.0. The van der Waals surface area contributed by atoms with Crippen molar-refractivity contribution in [2.24, 2.45) is 0 Å². The van der Waals surface area contributed by atoms with Gasteiger partial charge in [0.25, 0.3) is 0 Å². The van der Waals surface area contributed by atoms with Gasteiger partial charge >= 0.3 is 13.8 Å². The zero-order valence-electron chi connectivity index (χ0n) is 18.0. The first-order chi connectivity index (χ1) is 13.9. The molecule has 0 aromatic rings. The van der Waals surface area contributed by atoms with Crippen molar-refractivity contribution in [3.8, 4) is 0 Å². The zero-order chi connectivity index (χ0) is 21.8. The van der Waals surface area contributed by atoms with Crippen molar-refractivity contribution in [3.05, 3.63) is 12.2 Å². The lowest BCUT2D eigenvalue weighted by molar-refractivity contribution is -0.147. The van der Waals surface area contributed by atoms with Gasteiger partial charge in [-0.05, 0) is 32.1 Å². The van der Waals surface area contributed by atoms with Gasteiger partial charge in [0.05, 0.1) is 6.61 Å². The van der Waals surface area contributed by atoms with E-state index >= 15 is 0 Å². The van der Waals surface area contributed by atoms with E-state index in [0.717, 1.165) is 38.5 Å². The van der Waals surface area contributed by atoms with Gasteiger partial charge in [-0.25, -0.2) is 4.57 Å². The Morgan fingerprint density at radius 1 is 0.897 bits per heavy atom. The maximum absolute atomic E-state index is 11.6. The molecule has 0 aliphatic heterocycles. The number of rotatable bonds is 20. The summed E-state index contributed by atoms with van der Waals surface area (Å²) >= 11 is 0. The second kappa shape index (κ2) is 19.3. The van der Waals surface area contributed by atoms with Crippen molar-refractivity contribution in [1.29, 1.82) is 0 Å². The lowest BCUT2D eigenvalue weighted by Crippen LogP contribution is -2.24. The SMILES string of the molecule is CCCCCCCCC=CCCCCCCCC(=O)OC[C@H](CO)OP(=O)(O)O. The average molecular weight is 437 g/mol. The number of phosphoric acid groups is 1. The molecule has 172 valence electrons. The number of hydrogen-bond acceptors (Lipinski definition) is 5. The number of ether oxygens (including phenoxy) is 1. The minimum atomic E-state index is -4.71. The van der Waals surface area contributed by atoms with Crippen molar-refractivity contribution in [3.63, 3.8) is 0 Å². The Labute approximate surface area is 176 Å². The largest absolute Gasteiger partial charge is 0.470 e. The monoisotopic (exact) mass is 436 g/mol. The van der Waals surface area contributed by atoms with Crippen LogP contribution in [0.25, 0.3) is 0 Å². The smallest absolute Gasteiger partial charge is 0.463 e. The molecule has 0 saturated carbocycles. The number of aliphatic hydroxyl groups is 1. The van der Waals surface area contributed by atoms with Crippen molar-refractivity contribution >= 4 is 13.8 Å². The van der Waals surface area contributed by atoms with Crippen LogP contribution in [0.1, 0.15) is 96.8 Å². The maximum Gasteiger partial charge on any atom is 0.470 e. The Hall–Kier alpha value is -0.720. The molecule has 0 radical (unpaired) electrons. The summed E-state index contributed by atoms with van der Waals surface area (Å²) in [6.45, 7) is 1.24. The van der Waals surface area contributed by atoms with Gasteiger partial charge in [-0.3, -0.25) is 9.32 Å². The van der Waals surface area contributed by atoms with Gasteiger partial charge in [-0.15, -0.1) is 0 Å². The highest BCUT2D eigenvalue weighted by atomic mass is 31.2. The highest BCUT2D eigenvalue weighted by Gasteiger charge is 2.22. The van der Waals surface area contributed by atoms with Gasteiger partial charge in [0.15, 0.2) is 0 Å². The molecule has 1 atom stereocenters. The van der Waals surface area contributed by atoms with Crippen LogP contribution in [-0.4, -0.2) is 40.2 Å². The molecule has 0 unspecified atom stereocenters. The van der Waals surface area contributed by atoms with Crippen LogP contribution in [0.5, 0.6) is 0 Å². The molecular formula is C21H41O7P. The minimum absolute atomic E-state index is 0.256. The van der Waals surface area contributed by atoms with Gasteiger partial charge in [-0.2, -0.15) is 0 Å². The van der Waals surface area contributed by atoms with Crippen LogP contribution in [0.3, 0.4) is 0 Å².